The second-order valence-electron chi connectivity index (χ2n) is 3.99. The standard InChI is InChI=1S/C12H23FO2S/c1-3-5-8-11(12(14)15)16-9-6-7-10(13)4-2/h10-11H,3-9H2,1-2H3,(H,14,15). The van der Waals surface area contributed by atoms with Crippen molar-refractivity contribution in [1.29, 1.82) is 0 Å². The summed E-state index contributed by atoms with van der Waals surface area (Å²) in [5, 5.41) is 8.65. The minimum atomic E-state index is -0.731. The van der Waals surface area contributed by atoms with Gasteiger partial charge in [0.2, 0.25) is 0 Å². The van der Waals surface area contributed by atoms with Gasteiger partial charge in [-0.2, -0.15) is 0 Å². The van der Waals surface area contributed by atoms with Crippen molar-refractivity contribution in [3.05, 3.63) is 0 Å². The summed E-state index contributed by atoms with van der Waals surface area (Å²) in [5.41, 5.74) is 0. The summed E-state index contributed by atoms with van der Waals surface area (Å²) >= 11 is 1.46. The second kappa shape index (κ2) is 9.94. The molecule has 2 nitrogen and oxygen atoms in total. The van der Waals surface area contributed by atoms with E-state index in [0.29, 0.717) is 12.8 Å². The minimum absolute atomic E-state index is 0.306. The second-order valence-corrected chi connectivity index (χ2v) is 5.30. The van der Waals surface area contributed by atoms with Crippen molar-refractivity contribution < 1.29 is 14.3 Å². The molecule has 0 aromatic rings. The molecule has 4 heteroatoms. The molecule has 0 bridgehead atoms. The predicted octanol–water partition coefficient (Wildman–Crippen LogP) is 3.89. The van der Waals surface area contributed by atoms with E-state index in [4.69, 9.17) is 5.11 Å². The van der Waals surface area contributed by atoms with Crippen LogP contribution in [0.3, 0.4) is 0 Å². The molecule has 0 aliphatic carbocycles. The zero-order valence-electron chi connectivity index (χ0n) is 10.2. The predicted molar refractivity (Wildman–Crippen MR) is 67.8 cm³/mol. The van der Waals surface area contributed by atoms with Crippen molar-refractivity contribution in [2.24, 2.45) is 0 Å². The molecule has 16 heavy (non-hydrogen) atoms. The van der Waals surface area contributed by atoms with Gasteiger partial charge in [0.05, 0.1) is 6.17 Å². The molecule has 0 saturated heterocycles. The van der Waals surface area contributed by atoms with Crippen molar-refractivity contribution in [2.45, 2.75) is 63.8 Å². The third-order valence-corrected chi connectivity index (χ3v) is 3.88. The normalized spacial score (nSPS) is 14.7. The number of hydrogen-bond acceptors (Lipinski definition) is 2. The molecule has 0 amide bonds. The first-order valence-corrected chi connectivity index (χ1v) is 7.15. The molecule has 1 N–H and O–H groups in total. The van der Waals surface area contributed by atoms with Gasteiger partial charge in [-0.15, -0.1) is 11.8 Å². The highest BCUT2D eigenvalue weighted by Crippen LogP contribution is 2.20. The van der Waals surface area contributed by atoms with Gasteiger partial charge in [-0.3, -0.25) is 4.79 Å². The summed E-state index contributed by atoms with van der Waals surface area (Å²) in [6, 6.07) is 0. The third kappa shape index (κ3) is 7.97. The smallest absolute Gasteiger partial charge is 0.316 e. The highest BCUT2D eigenvalue weighted by molar-refractivity contribution is 8.00. The Morgan fingerprint density at radius 2 is 2.00 bits per heavy atom. The van der Waals surface area contributed by atoms with Crippen molar-refractivity contribution in [2.75, 3.05) is 5.75 Å². The Bertz CT molecular complexity index is 188. The monoisotopic (exact) mass is 250 g/mol. The van der Waals surface area contributed by atoms with Crippen LogP contribution >= 0.6 is 11.8 Å². The Morgan fingerprint density at radius 3 is 2.50 bits per heavy atom. The maximum absolute atomic E-state index is 12.9. The topological polar surface area (TPSA) is 37.3 Å². The van der Waals surface area contributed by atoms with E-state index >= 15 is 0 Å². The number of rotatable bonds is 10. The van der Waals surface area contributed by atoms with Gasteiger partial charge in [-0.25, -0.2) is 4.39 Å². The molecule has 0 aliphatic rings. The summed E-state index contributed by atoms with van der Waals surface area (Å²) in [7, 11) is 0. The highest BCUT2D eigenvalue weighted by Gasteiger charge is 2.16. The van der Waals surface area contributed by atoms with Gasteiger partial charge in [0.25, 0.3) is 0 Å². The highest BCUT2D eigenvalue weighted by atomic mass is 32.2. The molecule has 2 atom stereocenters. The molecule has 2 unspecified atom stereocenters. The van der Waals surface area contributed by atoms with E-state index in [2.05, 4.69) is 6.92 Å². The minimum Gasteiger partial charge on any atom is -0.480 e. The van der Waals surface area contributed by atoms with Crippen LogP contribution in [0.5, 0.6) is 0 Å². The Kier molecular flexibility index (Phi) is 9.78. The molecule has 0 aromatic heterocycles. The lowest BCUT2D eigenvalue weighted by Crippen LogP contribution is -2.17. The van der Waals surface area contributed by atoms with Crippen LogP contribution in [0.15, 0.2) is 0 Å². The van der Waals surface area contributed by atoms with Crippen LogP contribution in [-0.4, -0.2) is 28.3 Å². The van der Waals surface area contributed by atoms with E-state index in [1.54, 1.807) is 0 Å². The lowest BCUT2D eigenvalue weighted by Gasteiger charge is -2.11. The molecule has 0 aromatic carbocycles. The van der Waals surface area contributed by atoms with E-state index in [9.17, 15) is 9.18 Å². The number of thioether (sulfide) groups is 1. The molecule has 0 aliphatic heterocycles. The quantitative estimate of drug-likeness (QED) is 0.598. The van der Waals surface area contributed by atoms with Crippen LogP contribution in [0.4, 0.5) is 4.39 Å². The first kappa shape index (κ1) is 15.8. The van der Waals surface area contributed by atoms with Crippen molar-refractivity contribution in [3.8, 4) is 0 Å². The summed E-state index contributed by atoms with van der Waals surface area (Å²) < 4.78 is 12.9. The molecule has 0 heterocycles. The van der Waals surface area contributed by atoms with Gasteiger partial charge in [0.15, 0.2) is 0 Å². The molecule has 0 spiro atoms. The van der Waals surface area contributed by atoms with Gasteiger partial charge in [0.1, 0.15) is 5.25 Å². The molecular formula is C12H23FO2S. The molecule has 0 rings (SSSR count). The molecule has 0 radical (unpaired) electrons. The number of aliphatic carboxylic acids is 1. The number of carbonyl (C=O) groups is 1. The van der Waals surface area contributed by atoms with Crippen LogP contribution in [0.1, 0.15) is 52.4 Å². The number of hydrogen-bond donors (Lipinski definition) is 1. The van der Waals surface area contributed by atoms with Gasteiger partial charge in [-0.1, -0.05) is 26.7 Å². The van der Waals surface area contributed by atoms with Crippen molar-refractivity contribution >= 4 is 17.7 Å². The van der Waals surface area contributed by atoms with Gasteiger partial charge >= 0.3 is 5.97 Å². The number of carboxylic acid groups (broad SMARTS) is 1. The average molecular weight is 250 g/mol. The average Bonchev–Trinajstić information content (AvgIpc) is 2.27. The first-order chi connectivity index (χ1) is 7.61. The van der Waals surface area contributed by atoms with Crippen molar-refractivity contribution in [3.63, 3.8) is 0 Å². The number of alkyl halides is 1. The summed E-state index contributed by atoms with van der Waals surface area (Å²) in [4.78, 5) is 10.9. The lowest BCUT2D eigenvalue weighted by molar-refractivity contribution is -0.136. The number of unbranched alkanes of at least 4 members (excludes halogenated alkanes) is 1. The van der Waals surface area contributed by atoms with Crippen LogP contribution in [0.2, 0.25) is 0 Å². The molecule has 0 fully saturated rings. The fourth-order valence-electron chi connectivity index (χ4n) is 1.40. The Morgan fingerprint density at radius 1 is 1.31 bits per heavy atom. The number of carboxylic acids is 1. The lowest BCUT2D eigenvalue weighted by atomic mass is 10.2. The third-order valence-electron chi connectivity index (χ3n) is 2.52. The van der Waals surface area contributed by atoms with E-state index in [-0.39, 0.29) is 5.25 Å². The van der Waals surface area contributed by atoms with Crippen LogP contribution < -0.4 is 0 Å². The van der Waals surface area contributed by atoms with Gasteiger partial charge in [0, 0.05) is 0 Å². The van der Waals surface area contributed by atoms with Gasteiger partial charge in [-0.05, 0) is 31.4 Å². The van der Waals surface area contributed by atoms with Crippen LogP contribution in [0.25, 0.3) is 0 Å². The molecular weight excluding hydrogens is 227 g/mol. The van der Waals surface area contributed by atoms with Gasteiger partial charge < -0.3 is 5.11 Å². The fourth-order valence-corrected chi connectivity index (χ4v) is 2.50. The Balaban J connectivity index is 3.64. The zero-order chi connectivity index (χ0) is 12.4. The summed E-state index contributed by atoms with van der Waals surface area (Å²) in [6.07, 6.45) is 3.86. The Labute approximate surface area is 102 Å². The maximum atomic E-state index is 12.9. The fraction of sp³-hybridized carbons (Fsp3) is 0.917. The zero-order valence-corrected chi connectivity index (χ0v) is 11.1. The molecule has 0 saturated carbocycles. The number of halogens is 1. The van der Waals surface area contributed by atoms with Crippen LogP contribution in [-0.2, 0) is 4.79 Å². The van der Waals surface area contributed by atoms with Crippen molar-refractivity contribution in [1.82, 2.24) is 0 Å². The summed E-state index contributed by atoms with van der Waals surface area (Å²) in [5.74, 6) is 0.0203. The van der Waals surface area contributed by atoms with E-state index in [1.807, 2.05) is 6.92 Å². The van der Waals surface area contributed by atoms with Crippen LogP contribution in [0, 0.1) is 0 Å². The largest absolute Gasteiger partial charge is 0.480 e. The van der Waals surface area contributed by atoms with E-state index < -0.39 is 12.1 Å². The van der Waals surface area contributed by atoms with E-state index in [1.165, 1.54) is 11.8 Å². The Hall–Kier alpha value is -0.250. The SMILES string of the molecule is CCCCC(SCCCC(F)CC)C(=O)O. The molecule has 96 valence electrons. The maximum Gasteiger partial charge on any atom is 0.316 e. The first-order valence-electron chi connectivity index (χ1n) is 6.10. The summed E-state index contributed by atoms with van der Waals surface area (Å²) in [6.45, 7) is 3.89. The van der Waals surface area contributed by atoms with E-state index in [0.717, 1.165) is 31.4 Å².